The lowest BCUT2D eigenvalue weighted by molar-refractivity contribution is -0.385. The molecule has 0 bridgehead atoms. The average Bonchev–Trinajstić information content (AvgIpc) is 3.20. The largest absolute Gasteiger partial charge is 0.507 e. The standard InChI is InChI=1S/C21H14N2O7.C20H12N2O6.CH4/c1-30-11-4-2-10(3-5-11)22-12-6-8-14(24)18-16(12)20(26)17-13(23(28)29)7-9-15(25)19(17)21(18)27;23-13-8-6-11(21-10-4-2-1-3-5-10)15-17(13)20(26)18-14(24)9-7-12(22(27)28)16(18)19(15)25;/h2-9,22,24-25H,1H3;1-9,21,23-24H;1H4. The first-order valence-electron chi connectivity index (χ1n) is 16.9. The molecule has 0 fully saturated rings. The monoisotopic (exact) mass is 798 g/mol. The molecule has 296 valence electrons. The van der Waals surface area contributed by atoms with Crippen molar-refractivity contribution in [2.24, 2.45) is 0 Å². The second-order valence-corrected chi connectivity index (χ2v) is 12.6. The highest BCUT2D eigenvalue weighted by Crippen LogP contribution is 2.45. The molecule has 17 heteroatoms. The molecular formula is C42H30N4O13. The first-order chi connectivity index (χ1) is 27.7. The van der Waals surface area contributed by atoms with Crippen LogP contribution in [0.5, 0.6) is 28.7 Å². The number of fused-ring (bicyclic) bond motifs is 4. The molecule has 0 spiro atoms. The summed E-state index contributed by atoms with van der Waals surface area (Å²) < 4.78 is 5.10. The summed E-state index contributed by atoms with van der Waals surface area (Å²) in [5.74, 6) is -4.88. The second-order valence-electron chi connectivity index (χ2n) is 12.6. The van der Waals surface area contributed by atoms with Gasteiger partial charge in [0.15, 0.2) is 0 Å². The Morgan fingerprint density at radius 2 is 0.797 bits per heavy atom. The molecule has 6 aromatic carbocycles. The van der Waals surface area contributed by atoms with Crippen LogP contribution in [-0.2, 0) is 0 Å². The molecule has 6 aromatic rings. The number of hydrogen-bond donors (Lipinski definition) is 6. The molecule has 0 radical (unpaired) electrons. The summed E-state index contributed by atoms with van der Waals surface area (Å²) in [6, 6.07) is 24.7. The summed E-state index contributed by atoms with van der Waals surface area (Å²) in [6.45, 7) is 0. The van der Waals surface area contributed by atoms with E-state index in [9.17, 15) is 59.8 Å². The maximum atomic E-state index is 13.3. The summed E-state index contributed by atoms with van der Waals surface area (Å²) in [6.07, 6.45) is 0. The molecule has 0 heterocycles. The fourth-order valence-electron chi connectivity index (χ4n) is 6.71. The van der Waals surface area contributed by atoms with E-state index >= 15 is 0 Å². The number of ether oxygens (including phenoxy) is 1. The van der Waals surface area contributed by atoms with E-state index < -0.39 is 89.6 Å². The third kappa shape index (κ3) is 6.84. The number of carbonyl (C=O) groups excluding carboxylic acids is 4. The molecule has 0 atom stereocenters. The van der Waals surface area contributed by atoms with Gasteiger partial charge in [-0.1, -0.05) is 25.6 Å². The van der Waals surface area contributed by atoms with E-state index in [0.29, 0.717) is 17.1 Å². The number of ketones is 4. The maximum Gasteiger partial charge on any atom is 0.281 e. The Bertz CT molecular complexity index is 2790. The van der Waals surface area contributed by atoms with E-state index in [2.05, 4.69) is 10.6 Å². The van der Waals surface area contributed by atoms with Crippen molar-refractivity contribution in [1.29, 1.82) is 0 Å². The van der Waals surface area contributed by atoms with Gasteiger partial charge in [0.05, 0.1) is 61.7 Å². The Kier molecular flexibility index (Phi) is 10.5. The second kappa shape index (κ2) is 15.5. The average molecular weight is 799 g/mol. The lowest BCUT2D eigenvalue weighted by Crippen LogP contribution is -2.23. The maximum absolute atomic E-state index is 13.3. The van der Waals surface area contributed by atoms with E-state index in [4.69, 9.17) is 4.74 Å². The van der Waals surface area contributed by atoms with Gasteiger partial charge in [-0.2, -0.15) is 0 Å². The number of para-hydroxylation sites is 1. The van der Waals surface area contributed by atoms with E-state index in [1.165, 1.54) is 31.4 Å². The topological polar surface area (TPSA) is 269 Å². The zero-order chi connectivity index (χ0) is 41.6. The molecule has 0 saturated heterocycles. The fourth-order valence-corrected chi connectivity index (χ4v) is 6.71. The van der Waals surface area contributed by atoms with Gasteiger partial charge in [-0.15, -0.1) is 0 Å². The smallest absolute Gasteiger partial charge is 0.281 e. The number of rotatable bonds is 7. The molecule has 0 amide bonds. The number of phenols is 4. The fraction of sp³-hybridized carbons (Fsp3) is 0.0476. The minimum Gasteiger partial charge on any atom is -0.507 e. The number of nitro benzene ring substituents is 2. The molecule has 0 saturated carbocycles. The summed E-state index contributed by atoms with van der Waals surface area (Å²) in [5.41, 5.74) is -2.68. The Labute approximate surface area is 332 Å². The molecule has 8 rings (SSSR count). The van der Waals surface area contributed by atoms with Crippen molar-refractivity contribution in [3.63, 3.8) is 0 Å². The number of aromatic hydroxyl groups is 4. The zero-order valence-electron chi connectivity index (χ0n) is 29.7. The first-order valence-corrected chi connectivity index (χ1v) is 16.9. The van der Waals surface area contributed by atoms with Gasteiger partial charge in [0, 0.05) is 23.5 Å². The molecule has 6 N–H and O–H groups in total. The lowest BCUT2D eigenvalue weighted by atomic mass is 9.81. The summed E-state index contributed by atoms with van der Waals surface area (Å²) in [5, 5.41) is 69.5. The summed E-state index contributed by atoms with van der Waals surface area (Å²) in [7, 11) is 1.52. The van der Waals surface area contributed by atoms with Gasteiger partial charge in [-0.3, -0.25) is 39.4 Å². The van der Waals surface area contributed by atoms with Crippen LogP contribution in [-0.4, -0.2) is 60.5 Å². The van der Waals surface area contributed by atoms with Crippen LogP contribution in [0.4, 0.5) is 34.1 Å². The molecule has 2 aliphatic rings. The van der Waals surface area contributed by atoms with Crippen LogP contribution in [0.25, 0.3) is 0 Å². The van der Waals surface area contributed by atoms with E-state index in [1.54, 1.807) is 54.6 Å². The molecule has 0 aliphatic heterocycles. The quantitative estimate of drug-likeness (QED) is 0.0512. The normalized spacial score (nSPS) is 12.0. The number of methoxy groups -OCH3 is 1. The Morgan fingerprint density at radius 3 is 1.17 bits per heavy atom. The van der Waals surface area contributed by atoms with Gasteiger partial charge in [-0.05, 0) is 72.8 Å². The zero-order valence-corrected chi connectivity index (χ0v) is 29.7. The SMILES string of the molecule is C.COc1ccc(Nc2ccc(O)c3c2C(=O)c2c([N+](=O)[O-])ccc(O)c2C3=O)cc1.O=C1c2c(O)ccc(Nc3ccccc3)c2C(=O)c2c([N+](=O)[O-])ccc(O)c21. The van der Waals surface area contributed by atoms with Crippen LogP contribution in [0, 0.1) is 20.2 Å². The number of hydrogen-bond acceptors (Lipinski definition) is 15. The van der Waals surface area contributed by atoms with E-state index in [-0.39, 0.29) is 41.1 Å². The molecule has 2 aliphatic carbocycles. The van der Waals surface area contributed by atoms with Gasteiger partial charge in [0.1, 0.15) is 39.9 Å². The number of carbonyl (C=O) groups is 4. The summed E-state index contributed by atoms with van der Waals surface area (Å²) in [4.78, 5) is 73.6. The molecule has 59 heavy (non-hydrogen) atoms. The van der Waals surface area contributed by atoms with Crippen molar-refractivity contribution in [2.75, 3.05) is 17.7 Å². The number of anilines is 4. The highest BCUT2D eigenvalue weighted by molar-refractivity contribution is 6.34. The van der Waals surface area contributed by atoms with E-state index in [0.717, 1.165) is 24.3 Å². The van der Waals surface area contributed by atoms with Gasteiger partial charge in [0.2, 0.25) is 23.1 Å². The van der Waals surface area contributed by atoms with Crippen LogP contribution in [0.1, 0.15) is 71.1 Å². The lowest BCUT2D eigenvalue weighted by Gasteiger charge is -2.22. The molecule has 17 nitrogen and oxygen atoms in total. The van der Waals surface area contributed by atoms with Crippen molar-refractivity contribution >= 4 is 57.3 Å². The van der Waals surface area contributed by atoms with Gasteiger partial charge in [0.25, 0.3) is 11.4 Å². The van der Waals surface area contributed by atoms with Gasteiger partial charge >= 0.3 is 0 Å². The highest BCUT2D eigenvalue weighted by Gasteiger charge is 2.42. The van der Waals surface area contributed by atoms with Crippen molar-refractivity contribution in [3.8, 4) is 28.7 Å². The van der Waals surface area contributed by atoms with Crippen LogP contribution < -0.4 is 15.4 Å². The third-order valence-corrected chi connectivity index (χ3v) is 9.32. The summed E-state index contributed by atoms with van der Waals surface area (Å²) >= 11 is 0. The van der Waals surface area contributed by atoms with Crippen LogP contribution >= 0.6 is 0 Å². The van der Waals surface area contributed by atoms with Gasteiger partial charge in [-0.25, -0.2) is 0 Å². The van der Waals surface area contributed by atoms with Crippen LogP contribution in [0.15, 0.2) is 103 Å². The van der Waals surface area contributed by atoms with Gasteiger partial charge < -0.3 is 35.8 Å². The van der Waals surface area contributed by atoms with Crippen molar-refractivity contribution in [3.05, 3.63) is 168 Å². The van der Waals surface area contributed by atoms with Crippen LogP contribution in [0.3, 0.4) is 0 Å². The Hall–Kier alpha value is -8.60. The number of nitrogens with zero attached hydrogens (tertiary/aromatic N) is 2. The predicted octanol–water partition coefficient (Wildman–Crippen LogP) is 7.69. The van der Waals surface area contributed by atoms with Crippen LogP contribution in [0.2, 0.25) is 0 Å². The highest BCUT2D eigenvalue weighted by atomic mass is 16.6. The minimum atomic E-state index is -0.878. The Morgan fingerprint density at radius 1 is 0.458 bits per heavy atom. The molecule has 0 aromatic heterocycles. The first kappa shape index (κ1) is 40.1. The Balaban J connectivity index is 0.000000195. The molecular weight excluding hydrogens is 768 g/mol. The third-order valence-electron chi connectivity index (χ3n) is 9.32. The van der Waals surface area contributed by atoms with Crippen molar-refractivity contribution in [1.82, 2.24) is 0 Å². The van der Waals surface area contributed by atoms with Crippen molar-refractivity contribution in [2.45, 2.75) is 7.43 Å². The number of nitro groups is 2. The number of phenolic OH excluding ortho intramolecular Hbond substituents is 4. The minimum absolute atomic E-state index is 0. The van der Waals surface area contributed by atoms with Crippen molar-refractivity contribution < 1.29 is 54.2 Å². The number of benzene rings is 6. The number of nitrogens with one attached hydrogen (secondary N) is 2. The molecule has 0 unspecified atom stereocenters. The van der Waals surface area contributed by atoms with E-state index in [1.807, 2.05) is 0 Å². The predicted molar refractivity (Wildman–Crippen MR) is 212 cm³/mol.